The van der Waals surface area contributed by atoms with Crippen molar-refractivity contribution in [3.8, 4) is 0 Å². The molecule has 0 aliphatic heterocycles. The number of nitrogens with one attached hydrogen (secondary N) is 3. The summed E-state index contributed by atoms with van der Waals surface area (Å²) in [4.78, 5) is 46.2. The van der Waals surface area contributed by atoms with Gasteiger partial charge in [-0.25, -0.2) is 0 Å². The number of anilines is 1. The standard InChI is InChI=1S/C19H20N4O5/c1-12(2)11-17(24)20-14-9-7-13(8-10-14)18(25)21-22-19(26)15-5-3-4-6-16(15)23(27)28/h3-10,12H,11H2,1-2H3,(H,20,24)(H,21,25)(H,22,26). The van der Waals surface area contributed by atoms with E-state index in [0.717, 1.165) is 0 Å². The first-order chi connectivity index (χ1) is 13.3. The third-order valence-electron chi connectivity index (χ3n) is 3.66. The van der Waals surface area contributed by atoms with Gasteiger partial charge in [0.05, 0.1) is 4.92 Å². The van der Waals surface area contributed by atoms with Gasteiger partial charge in [0.15, 0.2) is 0 Å². The van der Waals surface area contributed by atoms with Crippen LogP contribution in [0.2, 0.25) is 0 Å². The van der Waals surface area contributed by atoms with E-state index in [9.17, 15) is 24.5 Å². The van der Waals surface area contributed by atoms with Crippen molar-refractivity contribution in [2.75, 3.05) is 5.32 Å². The first-order valence-corrected chi connectivity index (χ1v) is 8.52. The van der Waals surface area contributed by atoms with Crippen molar-refractivity contribution in [1.29, 1.82) is 0 Å². The Hall–Kier alpha value is -3.75. The first-order valence-electron chi connectivity index (χ1n) is 8.52. The Morgan fingerprint density at radius 1 is 0.964 bits per heavy atom. The molecule has 2 aromatic carbocycles. The first kappa shape index (κ1) is 20.6. The van der Waals surface area contributed by atoms with Gasteiger partial charge in [-0.05, 0) is 36.2 Å². The maximum absolute atomic E-state index is 12.1. The molecular formula is C19H20N4O5. The number of hydrogen-bond acceptors (Lipinski definition) is 5. The molecule has 146 valence electrons. The number of benzene rings is 2. The second kappa shape index (κ2) is 9.26. The van der Waals surface area contributed by atoms with E-state index in [4.69, 9.17) is 0 Å². The molecule has 0 saturated carbocycles. The van der Waals surface area contributed by atoms with Crippen LogP contribution in [0.1, 0.15) is 41.0 Å². The zero-order valence-corrected chi connectivity index (χ0v) is 15.4. The van der Waals surface area contributed by atoms with Crippen molar-refractivity contribution >= 4 is 29.1 Å². The SMILES string of the molecule is CC(C)CC(=O)Nc1ccc(C(=O)NNC(=O)c2ccccc2[N+](=O)[O-])cc1. The van der Waals surface area contributed by atoms with E-state index in [1.54, 1.807) is 12.1 Å². The highest BCUT2D eigenvalue weighted by molar-refractivity contribution is 6.01. The molecule has 0 heterocycles. The number of hydrazine groups is 1. The van der Waals surface area contributed by atoms with Crippen molar-refractivity contribution in [3.05, 3.63) is 69.8 Å². The van der Waals surface area contributed by atoms with Gasteiger partial charge >= 0.3 is 0 Å². The van der Waals surface area contributed by atoms with E-state index in [-0.39, 0.29) is 28.6 Å². The van der Waals surface area contributed by atoms with E-state index in [0.29, 0.717) is 12.1 Å². The molecule has 0 saturated heterocycles. The molecular weight excluding hydrogens is 364 g/mol. The lowest BCUT2D eigenvalue weighted by molar-refractivity contribution is -0.385. The number of carbonyl (C=O) groups excluding carboxylic acids is 3. The zero-order chi connectivity index (χ0) is 20.7. The molecule has 3 N–H and O–H groups in total. The summed E-state index contributed by atoms with van der Waals surface area (Å²) < 4.78 is 0. The average molecular weight is 384 g/mol. The van der Waals surface area contributed by atoms with Gasteiger partial charge in [-0.15, -0.1) is 0 Å². The Balaban J connectivity index is 1.95. The minimum atomic E-state index is -0.807. The summed E-state index contributed by atoms with van der Waals surface area (Å²) in [7, 11) is 0. The fraction of sp³-hybridized carbons (Fsp3) is 0.211. The number of rotatable bonds is 6. The van der Waals surface area contributed by atoms with E-state index in [2.05, 4.69) is 16.2 Å². The smallest absolute Gasteiger partial charge is 0.282 e. The summed E-state index contributed by atoms with van der Waals surface area (Å²) in [6.45, 7) is 3.87. The Morgan fingerprint density at radius 3 is 2.18 bits per heavy atom. The van der Waals surface area contributed by atoms with Crippen molar-refractivity contribution in [2.24, 2.45) is 5.92 Å². The Bertz CT molecular complexity index is 893. The molecule has 28 heavy (non-hydrogen) atoms. The predicted octanol–water partition coefficient (Wildman–Crippen LogP) is 2.65. The third-order valence-corrected chi connectivity index (χ3v) is 3.66. The lowest BCUT2D eigenvalue weighted by Crippen LogP contribution is -2.41. The van der Waals surface area contributed by atoms with Gasteiger partial charge in [0.2, 0.25) is 5.91 Å². The summed E-state index contributed by atoms with van der Waals surface area (Å²) in [6.07, 6.45) is 0.389. The van der Waals surface area contributed by atoms with Crippen LogP contribution in [0, 0.1) is 16.0 Å². The molecule has 0 spiro atoms. The monoisotopic (exact) mass is 384 g/mol. The highest BCUT2D eigenvalue weighted by Crippen LogP contribution is 2.17. The molecule has 0 bridgehead atoms. The molecule has 9 nitrogen and oxygen atoms in total. The van der Waals surface area contributed by atoms with E-state index < -0.39 is 16.7 Å². The number of nitrogens with zero attached hydrogens (tertiary/aromatic N) is 1. The summed E-state index contributed by atoms with van der Waals surface area (Å²) in [6, 6.07) is 11.5. The van der Waals surface area contributed by atoms with Gasteiger partial charge in [0.1, 0.15) is 5.56 Å². The van der Waals surface area contributed by atoms with Crippen LogP contribution in [0.5, 0.6) is 0 Å². The molecule has 0 unspecified atom stereocenters. The summed E-state index contributed by atoms with van der Waals surface area (Å²) in [5, 5.41) is 13.7. The second-order valence-corrected chi connectivity index (χ2v) is 6.41. The Kier molecular flexibility index (Phi) is 6.80. The quantitative estimate of drug-likeness (QED) is 0.521. The summed E-state index contributed by atoms with van der Waals surface area (Å²) in [5.41, 5.74) is 4.60. The molecule has 3 amide bonds. The van der Waals surface area contributed by atoms with Crippen LogP contribution in [0.3, 0.4) is 0 Å². The molecule has 0 radical (unpaired) electrons. The van der Waals surface area contributed by atoms with Crippen LogP contribution in [0.25, 0.3) is 0 Å². The molecule has 0 atom stereocenters. The van der Waals surface area contributed by atoms with Gasteiger partial charge in [0, 0.05) is 23.7 Å². The average Bonchev–Trinajstić information content (AvgIpc) is 2.65. The number of para-hydroxylation sites is 1. The fourth-order valence-electron chi connectivity index (χ4n) is 2.37. The normalized spacial score (nSPS) is 10.2. The number of nitro benzene ring substituents is 1. The van der Waals surface area contributed by atoms with Gasteiger partial charge in [-0.3, -0.25) is 35.3 Å². The Morgan fingerprint density at radius 2 is 1.57 bits per heavy atom. The Labute approximate surface area is 161 Å². The zero-order valence-electron chi connectivity index (χ0n) is 15.4. The van der Waals surface area contributed by atoms with E-state index in [1.807, 2.05) is 13.8 Å². The van der Waals surface area contributed by atoms with Crippen molar-refractivity contribution < 1.29 is 19.3 Å². The molecule has 2 aromatic rings. The number of carbonyl (C=O) groups is 3. The minimum absolute atomic E-state index is 0.121. The second-order valence-electron chi connectivity index (χ2n) is 6.41. The van der Waals surface area contributed by atoms with Gasteiger partial charge in [-0.1, -0.05) is 26.0 Å². The minimum Gasteiger partial charge on any atom is -0.326 e. The highest BCUT2D eigenvalue weighted by Gasteiger charge is 2.19. The maximum Gasteiger partial charge on any atom is 0.282 e. The fourth-order valence-corrected chi connectivity index (χ4v) is 2.37. The summed E-state index contributed by atoms with van der Waals surface area (Å²) >= 11 is 0. The molecule has 2 rings (SSSR count). The number of nitro groups is 1. The third kappa shape index (κ3) is 5.63. The van der Waals surface area contributed by atoms with Crippen LogP contribution in [0.15, 0.2) is 48.5 Å². The maximum atomic E-state index is 12.1. The summed E-state index contributed by atoms with van der Waals surface area (Å²) in [5.74, 6) is -1.30. The van der Waals surface area contributed by atoms with Crippen LogP contribution >= 0.6 is 0 Å². The molecule has 0 aliphatic carbocycles. The molecule has 0 aromatic heterocycles. The van der Waals surface area contributed by atoms with Gasteiger partial charge < -0.3 is 5.32 Å². The van der Waals surface area contributed by atoms with Gasteiger partial charge in [-0.2, -0.15) is 0 Å². The predicted molar refractivity (Wildman–Crippen MR) is 103 cm³/mol. The lowest BCUT2D eigenvalue weighted by Gasteiger charge is -2.09. The van der Waals surface area contributed by atoms with Crippen molar-refractivity contribution in [2.45, 2.75) is 20.3 Å². The largest absolute Gasteiger partial charge is 0.326 e. The number of hydrogen-bond donors (Lipinski definition) is 3. The van der Waals surface area contributed by atoms with Gasteiger partial charge in [0.25, 0.3) is 17.5 Å². The molecule has 0 fully saturated rings. The van der Waals surface area contributed by atoms with E-state index >= 15 is 0 Å². The number of amides is 3. The van der Waals surface area contributed by atoms with Crippen LogP contribution in [0.4, 0.5) is 11.4 Å². The molecule has 9 heteroatoms. The lowest BCUT2D eigenvalue weighted by atomic mass is 10.1. The van der Waals surface area contributed by atoms with Crippen molar-refractivity contribution in [3.63, 3.8) is 0 Å². The van der Waals surface area contributed by atoms with Crippen LogP contribution in [-0.2, 0) is 4.79 Å². The topological polar surface area (TPSA) is 130 Å². The van der Waals surface area contributed by atoms with Crippen LogP contribution < -0.4 is 16.2 Å². The van der Waals surface area contributed by atoms with Crippen molar-refractivity contribution in [1.82, 2.24) is 10.9 Å². The highest BCUT2D eigenvalue weighted by atomic mass is 16.6. The van der Waals surface area contributed by atoms with E-state index in [1.165, 1.54) is 36.4 Å². The molecule has 0 aliphatic rings. The van der Waals surface area contributed by atoms with Crippen LogP contribution in [-0.4, -0.2) is 22.6 Å².